The molecule has 1 fully saturated rings. The van der Waals surface area contributed by atoms with Gasteiger partial charge in [0.2, 0.25) is 0 Å². The number of hydrogen-bond donors (Lipinski definition) is 3. The normalized spacial score (nSPS) is 27.7. The van der Waals surface area contributed by atoms with E-state index in [4.69, 9.17) is 10.0 Å². The van der Waals surface area contributed by atoms with Crippen LogP contribution in [0.15, 0.2) is 0 Å². The summed E-state index contributed by atoms with van der Waals surface area (Å²) >= 11 is 0. The second-order valence-electron chi connectivity index (χ2n) is 5.67. The summed E-state index contributed by atoms with van der Waals surface area (Å²) in [6.07, 6.45) is 4.74. The van der Waals surface area contributed by atoms with Gasteiger partial charge < -0.3 is 20.1 Å². The average Bonchev–Trinajstić information content (AvgIpc) is 2.70. The van der Waals surface area contributed by atoms with Crippen LogP contribution in [0.5, 0.6) is 0 Å². The summed E-state index contributed by atoms with van der Waals surface area (Å²) in [6, 6.07) is 0.351. The quantitative estimate of drug-likeness (QED) is 0.464. The minimum Gasteiger partial charge on any atom is -0.481 e. The van der Waals surface area contributed by atoms with E-state index in [1.165, 1.54) is 0 Å². The molecule has 3 N–H and O–H groups in total. The standard InChI is InChI=1S/C12H24BNO4/c1-14(2)10-5-7-12(9-10,11(15)16)6-3-4-8-13(17)18/h10,17-18H,3-9H2,1-2H3,(H,15,16)/t10-,12+/m0/s1. The van der Waals surface area contributed by atoms with Gasteiger partial charge in [0.25, 0.3) is 0 Å². The number of nitrogens with zero attached hydrogens (tertiary/aromatic N) is 1. The van der Waals surface area contributed by atoms with Crippen molar-refractivity contribution in [2.75, 3.05) is 14.1 Å². The van der Waals surface area contributed by atoms with Crippen molar-refractivity contribution in [1.29, 1.82) is 0 Å². The first kappa shape index (κ1) is 15.5. The molecule has 0 amide bonds. The van der Waals surface area contributed by atoms with Crippen LogP contribution in [0.25, 0.3) is 0 Å². The second kappa shape index (κ2) is 6.54. The van der Waals surface area contributed by atoms with Gasteiger partial charge in [-0.3, -0.25) is 4.79 Å². The summed E-state index contributed by atoms with van der Waals surface area (Å²) in [4.78, 5) is 13.6. The van der Waals surface area contributed by atoms with Crippen LogP contribution in [0, 0.1) is 5.41 Å². The van der Waals surface area contributed by atoms with Crippen molar-refractivity contribution in [3.63, 3.8) is 0 Å². The zero-order chi connectivity index (χ0) is 13.8. The van der Waals surface area contributed by atoms with Crippen molar-refractivity contribution in [3.05, 3.63) is 0 Å². The lowest BCUT2D eigenvalue weighted by molar-refractivity contribution is -0.149. The third kappa shape index (κ3) is 3.97. The lowest BCUT2D eigenvalue weighted by atomic mass is 9.78. The molecule has 0 aromatic heterocycles. The number of hydrogen-bond acceptors (Lipinski definition) is 4. The molecule has 0 aromatic rings. The molecule has 0 radical (unpaired) electrons. The average molecular weight is 257 g/mol. The van der Waals surface area contributed by atoms with Crippen LogP contribution in [0.3, 0.4) is 0 Å². The van der Waals surface area contributed by atoms with E-state index in [1.807, 2.05) is 14.1 Å². The summed E-state index contributed by atoms with van der Waals surface area (Å²) < 4.78 is 0. The molecule has 6 heteroatoms. The Balaban J connectivity index is 2.48. The SMILES string of the molecule is CN(C)[C@H]1CC[C@@](CCCCB(O)O)(C(=O)O)C1. The topological polar surface area (TPSA) is 81.0 Å². The molecule has 104 valence electrons. The first-order valence-corrected chi connectivity index (χ1v) is 6.63. The maximum absolute atomic E-state index is 11.5. The Labute approximate surface area is 109 Å². The van der Waals surface area contributed by atoms with Gasteiger partial charge >= 0.3 is 13.1 Å². The molecule has 1 aliphatic carbocycles. The Morgan fingerprint density at radius 2 is 2.06 bits per heavy atom. The number of unbranched alkanes of at least 4 members (excludes halogenated alkanes) is 1. The van der Waals surface area contributed by atoms with Crippen molar-refractivity contribution in [2.45, 2.75) is 50.9 Å². The number of carboxylic acids is 1. The predicted octanol–water partition coefficient (Wildman–Crippen LogP) is 0.815. The van der Waals surface area contributed by atoms with Crippen LogP contribution in [0.4, 0.5) is 0 Å². The number of carboxylic acid groups (broad SMARTS) is 1. The smallest absolute Gasteiger partial charge is 0.451 e. The molecule has 0 heterocycles. The lowest BCUT2D eigenvalue weighted by Gasteiger charge is -2.26. The number of rotatable bonds is 7. The van der Waals surface area contributed by atoms with Crippen molar-refractivity contribution < 1.29 is 19.9 Å². The second-order valence-corrected chi connectivity index (χ2v) is 5.67. The Hall–Kier alpha value is -0.585. The van der Waals surface area contributed by atoms with Crippen molar-refractivity contribution in [1.82, 2.24) is 4.90 Å². The Morgan fingerprint density at radius 1 is 1.39 bits per heavy atom. The minimum atomic E-state index is -1.27. The van der Waals surface area contributed by atoms with E-state index in [9.17, 15) is 9.90 Å². The molecule has 0 aliphatic heterocycles. The van der Waals surface area contributed by atoms with Gasteiger partial charge in [0.05, 0.1) is 5.41 Å². The highest BCUT2D eigenvalue weighted by atomic mass is 16.4. The zero-order valence-electron chi connectivity index (χ0n) is 11.3. The molecule has 5 nitrogen and oxygen atoms in total. The van der Waals surface area contributed by atoms with Crippen molar-refractivity contribution in [3.8, 4) is 0 Å². The summed E-state index contributed by atoms with van der Waals surface area (Å²) in [5.74, 6) is -0.698. The fourth-order valence-corrected chi connectivity index (χ4v) is 2.86. The highest BCUT2D eigenvalue weighted by Gasteiger charge is 2.45. The maximum Gasteiger partial charge on any atom is 0.451 e. The van der Waals surface area contributed by atoms with E-state index in [0.29, 0.717) is 31.6 Å². The molecule has 18 heavy (non-hydrogen) atoms. The van der Waals surface area contributed by atoms with Gasteiger partial charge in [-0.15, -0.1) is 0 Å². The van der Waals surface area contributed by atoms with Gasteiger partial charge in [-0.1, -0.05) is 12.8 Å². The molecule has 1 aliphatic rings. The molecular weight excluding hydrogens is 233 g/mol. The van der Waals surface area contributed by atoms with Gasteiger partial charge in [-0.25, -0.2) is 0 Å². The minimum absolute atomic E-state index is 0.326. The van der Waals surface area contributed by atoms with E-state index in [1.54, 1.807) is 0 Å². The Bertz CT molecular complexity index is 285. The molecular formula is C12H24BNO4. The van der Waals surface area contributed by atoms with E-state index in [0.717, 1.165) is 19.3 Å². The van der Waals surface area contributed by atoms with Crippen LogP contribution in [-0.4, -0.2) is 53.3 Å². The van der Waals surface area contributed by atoms with E-state index < -0.39 is 18.5 Å². The van der Waals surface area contributed by atoms with Crippen molar-refractivity contribution in [2.24, 2.45) is 5.41 Å². The monoisotopic (exact) mass is 257 g/mol. The molecule has 1 saturated carbocycles. The molecule has 0 saturated heterocycles. The van der Waals surface area contributed by atoms with E-state index >= 15 is 0 Å². The van der Waals surface area contributed by atoms with Crippen LogP contribution in [-0.2, 0) is 4.79 Å². The third-order valence-corrected chi connectivity index (χ3v) is 4.13. The molecule has 0 unspecified atom stereocenters. The largest absolute Gasteiger partial charge is 0.481 e. The Morgan fingerprint density at radius 3 is 2.50 bits per heavy atom. The lowest BCUT2D eigenvalue weighted by Crippen LogP contribution is -2.32. The van der Waals surface area contributed by atoms with Crippen LogP contribution in [0.2, 0.25) is 6.32 Å². The molecule has 2 atom stereocenters. The fraction of sp³-hybridized carbons (Fsp3) is 0.917. The molecule has 0 aromatic carbocycles. The number of aliphatic carboxylic acids is 1. The van der Waals surface area contributed by atoms with Crippen LogP contribution < -0.4 is 0 Å². The Kier molecular flexibility index (Phi) is 5.62. The summed E-state index contributed by atoms with van der Waals surface area (Å²) in [7, 11) is 2.71. The van der Waals surface area contributed by atoms with Gasteiger partial charge in [-0.05, 0) is 46.1 Å². The van der Waals surface area contributed by atoms with Crippen molar-refractivity contribution >= 4 is 13.1 Å². The van der Waals surface area contributed by atoms with Gasteiger partial charge in [0.1, 0.15) is 0 Å². The third-order valence-electron chi connectivity index (χ3n) is 4.13. The number of carbonyl (C=O) groups is 1. The first-order valence-electron chi connectivity index (χ1n) is 6.63. The van der Waals surface area contributed by atoms with Crippen LogP contribution >= 0.6 is 0 Å². The highest BCUT2D eigenvalue weighted by Crippen LogP contribution is 2.44. The fourth-order valence-electron chi connectivity index (χ4n) is 2.86. The summed E-state index contributed by atoms with van der Waals surface area (Å²) in [5, 5.41) is 27.0. The predicted molar refractivity (Wildman–Crippen MR) is 70.2 cm³/mol. The van der Waals surface area contributed by atoms with E-state index in [2.05, 4.69) is 4.90 Å². The van der Waals surface area contributed by atoms with Crippen LogP contribution in [0.1, 0.15) is 38.5 Å². The van der Waals surface area contributed by atoms with E-state index in [-0.39, 0.29) is 0 Å². The molecule has 0 bridgehead atoms. The first-order chi connectivity index (χ1) is 8.37. The van der Waals surface area contributed by atoms with Gasteiger partial charge in [0, 0.05) is 6.04 Å². The molecule has 0 spiro atoms. The summed E-state index contributed by atoms with van der Waals surface area (Å²) in [6.45, 7) is 0. The van der Waals surface area contributed by atoms with Gasteiger partial charge in [0.15, 0.2) is 0 Å². The summed E-state index contributed by atoms with van der Waals surface area (Å²) in [5.41, 5.74) is -0.602. The van der Waals surface area contributed by atoms with Gasteiger partial charge in [-0.2, -0.15) is 0 Å². The zero-order valence-corrected chi connectivity index (χ0v) is 11.3. The molecule has 1 rings (SSSR count). The highest BCUT2D eigenvalue weighted by molar-refractivity contribution is 6.40. The maximum atomic E-state index is 11.5.